The Labute approximate surface area is 301 Å². The zero-order chi connectivity index (χ0) is 37.3. The molecule has 6 aliphatic rings. The largest absolute Gasteiger partial charge is 0.460 e. The topological polar surface area (TPSA) is 135 Å². The fourth-order valence-corrected chi connectivity index (χ4v) is 13.6. The SMILES string of the molecule is CCC(C)[C@H](NC(=O)OC(C)(C)C)C(=O)O[C@H]1CC[C@]23C[C@]24CC[C@]2(C)[C@@H]([C@@]5(C)CC[C@@H](C(C)(C)O)O5)[C@@H](O)C[C@@]2(C)C4C[C@H](O)[C@H]3C1(C)C. The van der Waals surface area contributed by atoms with Crippen LogP contribution in [-0.4, -0.2) is 74.6 Å². The summed E-state index contributed by atoms with van der Waals surface area (Å²) >= 11 is 0. The first-order chi connectivity index (χ1) is 22.8. The Morgan fingerprint density at radius 1 is 0.900 bits per heavy atom. The third-order valence-corrected chi connectivity index (χ3v) is 16.1. The summed E-state index contributed by atoms with van der Waals surface area (Å²) in [6.07, 6.45) is 6.12. The van der Waals surface area contributed by atoms with Gasteiger partial charge in [0, 0.05) is 11.3 Å². The van der Waals surface area contributed by atoms with Gasteiger partial charge in [0.2, 0.25) is 0 Å². The van der Waals surface area contributed by atoms with Crippen LogP contribution in [0.2, 0.25) is 0 Å². The smallest absolute Gasteiger partial charge is 0.408 e. The average molecular weight is 704 g/mol. The Hall–Kier alpha value is -1.42. The maximum absolute atomic E-state index is 13.8. The summed E-state index contributed by atoms with van der Waals surface area (Å²) in [5.41, 5.74) is -2.88. The summed E-state index contributed by atoms with van der Waals surface area (Å²) in [6.45, 7) is 24.3. The highest BCUT2D eigenvalue weighted by atomic mass is 16.6. The summed E-state index contributed by atoms with van der Waals surface area (Å²) in [6, 6.07) is -0.823. The summed E-state index contributed by atoms with van der Waals surface area (Å²) in [5, 5.41) is 37.9. The molecule has 6 rings (SSSR count). The first kappa shape index (κ1) is 38.3. The van der Waals surface area contributed by atoms with Crippen LogP contribution in [0.4, 0.5) is 4.79 Å². The van der Waals surface area contributed by atoms with E-state index in [1.165, 1.54) is 0 Å². The highest BCUT2D eigenvalue weighted by Gasteiger charge is 2.85. The molecule has 0 radical (unpaired) electrons. The Morgan fingerprint density at radius 2 is 1.56 bits per heavy atom. The van der Waals surface area contributed by atoms with Gasteiger partial charge in [-0.25, -0.2) is 9.59 Å². The van der Waals surface area contributed by atoms with Crippen molar-refractivity contribution in [2.45, 2.75) is 195 Å². The highest BCUT2D eigenvalue weighted by molar-refractivity contribution is 5.82. The van der Waals surface area contributed by atoms with Crippen LogP contribution in [0.1, 0.15) is 147 Å². The van der Waals surface area contributed by atoms with Gasteiger partial charge in [-0.1, -0.05) is 48.0 Å². The van der Waals surface area contributed by atoms with Gasteiger partial charge in [0.05, 0.1) is 29.5 Å². The van der Waals surface area contributed by atoms with Gasteiger partial charge in [0.25, 0.3) is 0 Å². The van der Waals surface area contributed by atoms with Crippen molar-refractivity contribution in [3.63, 3.8) is 0 Å². The lowest BCUT2D eigenvalue weighted by Gasteiger charge is -2.64. The van der Waals surface area contributed by atoms with Crippen molar-refractivity contribution in [1.29, 1.82) is 0 Å². The van der Waals surface area contributed by atoms with Gasteiger partial charge in [0.1, 0.15) is 17.7 Å². The number of nitrogens with one attached hydrogen (secondary N) is 1. The van der Waals surface area contributed by atoms with Crippen LogP contribution in [0.5, 0.6) is 0 Å². The number of aliphatic hydroxyl groups is 3. The number of aliphatic hydroxyl groups excluding tert-OH is 2. The Kier molecular flexibility index (Phi) is 9.03. The molecule has 286 valence electrons. The van der Waals surface area contributed by atoms with Crippen LogP contribution < -0.4 is 5.32 Å². The summed E-state index contributed by atoms with van der Waals surface area (Å²) in [7, 11) is 0. The van der Waals surface area contributed by atoms with Gasteiger partial charge in [-0.2, -0.15) is 0 Å². The van der Waals surface area contributed by atoms with E-state index in [0.29, 0.717) is 19.3 Å². The van der Waals surface area contributed by atoms with E-state index in [-0.39, 0.29) is 57.5 Å². The van der Waals surface area contributed by atoms with Crippen molar-refractivity contribution in [2.75, 3.05) is 0 Å². The molecule has 1 amide bonds. The van der Waals surface area contributed by atoms with Crippen LogP contribution in [-0.2, 0) is 19.0 Å². The summed E-state index contributed by atoms with van der Waals surface area (Å²) < 4.78 is 18.6. The van der Waals surface area contributed by atoms with Crippen molar-refractivity contribution in [3.8, 4) is 0 Å². The number of hydrogen-bond acceptors (Lipinski definition) is 8. The molecule has 2 spiro atoms. The molecule has 14 atom stereocenters. The molecular weight excluding hydrogens is 634 g/mol. The van der Waals surface area contributed by atoms with Gasteiger partial charge >= 0.3 is 12.1 Å². The highest BCUT2D eigenvalue weighted by Crippen LogP contribution is 2.89. The number of carbonyl (C=O) groups excluding carboxylic acids is 2. The number of carbonyl (C=O) groups is 2. The summed E-state index contributed by atoms with van der Waals surface area (Å²) in [5.74, 6) is -0.362. The second-order valence-electron chi connectivity index (χ2n) is 20.8. The molecule has 0 aromatic heterocycles. The maximum atomic E-state index is 13.8. The van der Waals surface area contributed by atoms with E-state index in [1.807, 2.05) is 27.7 Å². The minimum absolute atomic E-state index is 0.0167. The molecule has 5 saturated carbocycles. The van der Waals surface area contributed by atoms with Crippen molar-refractivity contribution < 1.29 is 39.1 Å². The van der Waals surface area contributed by atoms with E-state index in [9.17, 15) is 24.9 Å². The van der Waals surface area contributed by atoms with Crippen molar-refractivity contribution >= 4 is 12.1 Å². The molecule has 1 aliphatic heterocycles. The molecule has 9 heteroatoms. The van der Waals surface area contributed by atoms with E-state index < -0.39 is 52.5 Å². The van der Waals surface area contributed by atoms with E-state index in [4.69, 9.17) is 14.2 Å². The molecule has 1 saturated heterocycles. The van der Waals surface area contributed by atoms with Crippen LogP contribution >= 0.6 is 0 Å². The molecule has 0 bridgehead atoms. The average Bonchev–Trinajstić information content (AvgIpc) is 3.32. The van der Waals surface area contributed by atoms with Crippen molar-refractivity contribution in [3.05, 3.63) is 0 Å². The fraction of sp³-hybridized carbons (Fsp3) is 0.951. The minimum Gasteiger partial charge on any atom is -0.460 e. The molecule has 9 nitrogen and oxygen atoms in total. The normalized spacial score (nSPS) is 47.5. The quantitative estimate of drug-likeness (QED) is 0.210. The van der Waals surface area contributed by atoms with Gasteiger partial charge in [-0.05, 0) is 139 Å². The van der Waals surface area contributed by atoms with Crippen molar-refractivity contribution in [2.24, 2.45) is 50.7 Å². The molecule has 6 fully saturated rings. The number of esters is 1. The maximum Gasteiger partial charge on any atom is 0.408 e. The van der Waals surface area contributed by atoms with E-state index in [1.54, 1.807) is 20.8 Å². The summed E-state index contributed by atoms with van der Waals surface area (Å²) in [4.78, 5) is 26.6. The second-order valence-corrected chi connectivity index (χ2v) is 20.8. The molecule has 2 unspecified atom stereocenters. The van der Waals surface area contributed by atoms with Gasteiger partial charge in [-0.3, -0.25) is 0 Å². The van der Waals surface area contributed by atoms with E-state index in [2.05, 4.69) is 39.9 Å². The molecule has 1 heterocycles. The third kappa shape index (κ3) is 5.51. The van der Waals surface area contributed by atoms with Crippen LogP contribution in [0, 0.1) is 50.7 Å². The van der Waals surface area contributed by atoms with Gasteiger partial charge in [-0.15, -0.1) is 0 Å². The molecule has 50 heavy (non-hydrogen) atoms. The predicted octanol–water partition coefficient (Wildman–Crippen LogP) is 6.93. The zero-order valence-electron chi connectivity index (χ0n) is 33.2. The van der Waals surface area contributed by atoms with Gasteiger partial charge < -0.3 is 34.8 Å². The fourth-order valence-electron chi connectivity index (χ4n) is 13.6. The monoisotopic (exact) mass is 704 g/mol. The molecule has 0 aromatic rings. The third-order valence-electron chi connectivity index (χ3n) is 16.1. The standard InChI is InChI=1S/C41H69NO8/c1-13-23(2)29(42-33(46)50-34(3,4)5)32(45)48-27-15-17-41-22-40(41)19-18-37(10)31(39(12)16-14-28(49-39)36(8,9)47)25(44)21-38(37,11)26(40)20-24(43)30(41)35(27,6)7/h23-31,43-44,47H,13-22H2,1-12H3,(H,42,46)/t23?,24-,25-,26?,27-,28-,29-,30-,31-,37+,38-,39+,40-,41+/m0/s1. The number of alkyl carbamates (subject to hydrolysis) is 1. The number of rotatable bonds is 7. The predicted molar refractivity (Wildman–Crippen MR) is 191 cm³/mol. The lowest BCUT2D eigenvalue weighted by atomic mass is 9.41. The van der Waals surface area contributed by atoms with E-state index in [0.717, 1.165) is 44.9 Å². The molecule has 0 aromatic carbocycles. The van der Waals surface area contributed by atoms with Crippen LogP contribution in [0.15, 0.2) is 0 Å². The number of fused-ring (bicyclic) bond motifs is 2. The Balaban J connectivity index is 1.23. The van der Waals surface area contributed by atoms with Crippen LogP contribution in [0.3, 0.4) is 0 Å². The second kappa shape index (κ2) is 11.8. The molecular formula is C41H69NO8. The Morgan fingerprint density at radius 3 is 2.14 bits per heavy atom. The number of amides is 1. The zero-order valence-corrected chi connectivity index (χ0v) is 33.2. The first-order valence-electron chi connectivity index (χ1n) is 19.8. The van der Waals surface area contributed by atoms with Gasteiger partial charge in [0.15, 0.2) is 0 Å². The Bertz CT molecular complexity index is 1350. The lowest BCUT2D eigenvalue weighted by Crippen LogP contribution is -2.63. The number of ether oxygens (including phenoxy) is 3. The first-order valence-corrected chi connectivity index (χ1v) is 19.8. The van der Waals surface area contributed by atoms with E-state index >= 15 is 0 Å². The minimum atomic E-state index is -0.936. The molecule has 5 aliphatic carbocycles. The number of hydrogen-bond donors (Lipinski definition) is 4. The van der Waals surface area contributed by atoms with Crippen LogP contribution in [0.25, 0.3) is 0 Å². The lowest BCUT2D eigenvalue weighted by molar-refractivity contribution is -0.218. The van der Waals surface area contributed by atoms with Crippen molar-refractivity contribution in [1.82, 2.24) is 5.32 Å². The molecule has 4 N–H and O–H groups in total.